The molecule has 0 spiro atoms. The van der Waals surface area contributed by atoms with Crippen LogP contribution in [0.25, 0.3) is 21.8 Å². The fraction of sp³-hybridized carbons (Fsp3) is 0.580. The van der Waals surface area contributed by atoms with Gasteiger partial charge < -0.3 is 88.9 Å². The molecule has 7 rings (SSSR count). The van der Waals surface area contributed by atoms with Crippen molar-refractivity contribution in [1.29, 1.82) is 0 Å². The second-order valence-corrected chi connectivity index (χ2v) is 27.7. The van der Waals surface area contributed by atoms with Gasteiger partial charge in [-0.3, -0.25) is 57.5 Å². The number of para-hydroxylation sites is 2. The normalized spacial score (nSPS) is 19.0. The van der Waals surface area contributed by atoms with Gasteiger partial charge in [0.15, 0.2) is 0 Å². The molecule has 3 saturated heterocycles. The molecule has 540 valence electrons. The van der Waals surface area contributed by atoms with Crippen molar-refractivity contribution in [2.24, 2.45) is 35.1 Å². The molecule has 3 fully saturated rings. The van der Waals surface area contributed by atoms with Crippen LogP contribution in [0.1, 0.15) is 131 Å². The largest absolute Gasteiger partial charge is 0.480 e. The first-order valence-electron chi connectivity index (χ1n) is 34.2. The van der Waals surface area contributed by atoms with Crippen molar-refractivity contribution < 1.29 is 72.5 Å². The average Bonchev–Trinajstić information content (AvgIpc) is 1.74. The van der Waals surface area contributed by atoms with Crippen molar-refractivity contribution in [2.75, 3.05) is 26.2 Å². The van der Waals surface area contributed by atoms with Gasteiger partial charge in [0.25, 0.3) is 0 Å². The third-order valence-corrected chi connectivity index (χ3v) is 18.4. The minimum atomic E-state index is -1.71. The van der Waals surface area contributed by atoms with E-state index in [1.807, 2.05) is 58.0 Å². The number of hydrogen-bond acceptors (Lipinski definition) is 15. The quantitative estimate of drug-likeness (QED) is 0.0298. The van der Waals surface area contributed by atoms with E-state index >= 15 is 4.79 Å². The van der Waals surface area contributed by atoms with Crippen LogP contribution in [-0.2, 0) is 75.2 Å². The zero-order valence-corrected chi connectivity index (χ0v) is 57.8. The average molecular weight is 1380 g/mol. The first-order chi connectivity index (χ1) is 46.9. The van der Waals surface area contributed by atoms with E-state index in [-0.39, 0.29) is 89.4 Å². The van der Waals surface area contributed by atoms with E-state index in [0.29, 0.717) is 34.9 Å². The van der Waals surface area contributed by atoms with Crippen LogP contribution in [0.2, 0.25) is 0 Å². The van der Waals surface area contributed by atoms with E-state index in [2.05, 4.69) is 52.5 Å². The van der Waals surface area contributed by atoms with Gasteiger partial charge in [0, 0.05) is 66.7 Å². The maximum atomic E-state index is 15.1. The van der Waals surface area contributed by atoms with Crippen LogP contribution in [0.4, 0.5) is 0 Å². The molecule has 16 N–H and O–H groups in total. The lowest BCUT2D eigenvalue weighted by atomic mass is 9.98. The van der Waals surface area contributed by atoms with Crippen LogP contribution in [0.3, 0.4) is 0 Å². The molecule has 5 heterocycles. The number of likely N-dealkylation sites (tertiary alicyclic amines) is 3. The van der Waals surface area contributed by atoms with Gasteiger partial charge >= 0.3 is 5.97 Å². The van der Waals surface area contributed by atoms with E-state index < -0.39 is 168 Å². The highest BCUT2D eigenvalue weighted by atomic mass is 16.4. The molecule has 0 radical (unpaired) electrons. The molecule has 2 aromatic carbocycles. The highest BCUT2D eigenvalue weighted by Gasteiger charge is 2.45. The Morgan fingerprint density at radius 3 is 1.38 bits per heavy atom. The van der Waals surface area contributed by atoms with Gasteiger partial charge in [0.2, 0.25) is 70.9 Å². The number of fused-ring (bicyclic) bond motifs is 2. The number of hydrogen-bond donors (Lipinski definition) is 14. The van der Waals surface area contributed by atoms with Crippen LogP contribution in [-0.4, -0.2) is 210 Å². The molecule has 0 unspecified atom stereocenters. The van der Waals surface area contributed by atoms with Crippen LogP contribution in [0, 0.1) is 23.7 Å². The first-order valence-corrected chi connectivity index (χ1v) is 34.2. The zero-order chi connectivity index (χ0) is 72.7. The summed E-state index contributed by atoms with van der Waals surface area (Å²) in [5.74, 6) is -12.1. The van der Waals surface area contributed by atoms with Gasteiger partial charge in [-0.15, -0.1) is 0 Å². The van der Waals surface area contributed by atoms with E-state index in [0.717, 1.165) is 15.8 Å². The number of nitrogens with one attached hydrogen (secondary N) is 10. The minimum Gasteiger partial charge on any atom is -0.480 e. The van der Waals surface area contributed by atoms with Crippen molar-refractivity contribution in [2.45, 2.75) is 206 Å². The first kappa shape index (κ1) is 76.9. The third-order valence-electron chi connectivity index (χ3n) is 18.4. The number of aliphatic hydroxyl groups excluding tert-OH is 1. The van der Waals surface area contributed by atoms with Crippen molar-refractivity contribution >= 4 is 98.7 Å². The predicted octanol–water partition coefficient (Wildman–Crippen LogP) is -0.0105. The van der Waals surface area contributed by atoms with Gasteiger partial charge in [0.05, 0.1) is 19.1 Å². The fourth-order valence-electron chi connectivity index (χ4n) is 13.3. The lowest BCUT2D eigenvalue weighted by molar-refractivity contribution is -0.149. The SMILES string of the molecule is CC(C)C[C@H](NC(=O)CN)C(=O)N[C@@H](Cc1c[nH]c2ccccc12)C(=O)N1CCC[C@H]1C(=O)N[C@@H](Cc1c[nH]c2ccccc12)C(=O)N[C@@H](CC(N)=O)C(=O)N1CCC[C@H]1C(=O)N[C@H](C(=O)N[C@H](C(=O)N[C@H](C(=O)N[C@@H](CC(C)C)C(=O)N1CCC[C@H]1C(=O)O)C(C)C)[C@@H](C)O)C(C)C. The second-order valence-electron chi connectivity index (χ2n) is 27.7. The number of amides is 12. The lowest BCUT2D eigenvalue weighted by Gasteiger charge is -2.32. The smallest absolute Gasteiger partial charge is 0.326 e. The summed E-state index contributed by atoms with van der Waals surface area (Å²) in [6.45, 7) is 14.9. The number of nitrogens with two attached hydrogens (primary N) is 2. The summed E-state index contributed by atoms with van der Waals surface area (Å²) in [6.07, 6.45) is 2.77. The number of rotatable bonds is 33. The number of nitrogens with zero attached hydrogens (tertiary/aromatic N) is 3. The lowest BCUT2D eigenvalue weighted by Crippen LogP contribution is -2.63. The topological polar surface area (TPSA) is 452 Å². The maximum absolute atomic E-state index is 15.1. The molecule has 3 aliphatic heterocycles. The fourth-order valence-corrected chi connectivity index (χ4v) is 13.3. The van der Waals surface area contributed by atoms with Gasteiger partial charge in [-0.2, -0.15) is 0 Å². The molecule has 0 saturated carbocycles. The van der Waals surface area contributed by atoms with E-state index in [1.165, 1.54) is 16.7 Å². The Balaban J connectivity index is 1.07. The summed E-state index contributed by atoms with van der Waals surface area (Å²) >= 11 is 0. The molecule has 30 nitrogen and oxygen atoms in total. The summed E-state index contributed by atoms with van der Waals surface area (Å²) in [7, 11) is 0. The number of carboxylic acid groups (broad SMARTS) is 1. The molecule has 12 atom stereocenters. The Hall–Kier alpha value is -9.45. The van der Waals surface area contributed by atoms with Gasteiger partial charge in [-0.25, -0.2) is 4.79 Å². The number of aliphatic carboxylic acids is 1. The van der Waals surface area contributed by atoms with Crippen LogP contribution in [0.15, 0.2) is 60.9 Å². The molecule has 2 aromatic heterocycles. The maximum Gasteiger partial charge on any atom is 0.326 e. The summed E-state index contributed by atoms with van der Waals surface area (Å²) in [5, 5.41) is 43.7. The number of carboxylic acids is 1. The zero-order valence-electron chi connectivity index (χ0n) is 57.8. The van der Waals surface area contributed by atoms with Gasteiger partial charge in [-0.1, -0.05) is 91.8 Å². The Morgan fingerprint density at radius 1 is 0.485 bits per heavy atom. The summed E-state index contributed by atoms with van der Waals surface area (Å²) in [6, 6.07) is 0.00328. The number of H-pyrrole nitrogens is 2. The van der Waals surface area contributed by atoms with Gasteiger partial charge in [-0.05, 0) is 105 Å². The summed E-state index contributed by atoms with van der Waals surface area (Å²) < 4.78 is 0. The second kappa shape index (κ2) is 34.9. The van der Waals surface area contributed by atoms with Crippen LogP contribution in [0.5, 0.6) is 0 Å². The molecule has 12 amide bonds. The molecule has 0 aliphatic carbocycles. The van der Waals surface area contributed by atoms with Crippen molar-refractivity contribution in [3.05, 3.63) is 72.1 Å². The molecule has 3 aliphatic rings. The minimum absolute atomic E-state index is 0.0196. The Labute approximate surface area is 575 Å². The Bertz CT molecular complexity index is 3600. The third kappa shape index (κ3) is 19.9. The summed E-state index contributed by atoms with van der Waals surface area (Å²) in [4.78, 5) is 192. The number of aromatic nitrogens is 2. The van der Waals surface area contributed by atoms with E-state index in [1.54, 1.807) is 58.3 Å². The van der Waals surface area contributed by atoms with Crippen molar-refractivity contribution in [3.8, 4) is 0 Å². The molecule has 30 heteroatoms. The highest BCUT2D eigenvalue weighted by Crippen LogP contribution is 2.27. The molecule has 4 aromatic rings. The van der Waals surface area contributed by atoms with Crippen LogP contribution >= 0.6 is 0 Å². The van der Waals surface area contributed by atoms with Crippen LogP contribution < -0.4 is 54.0 Å². The standard InChI is InChI=1S/C69H99N15O15/c1-35(2)27-46(74-55(87)32-70)59(88)76-49(30-41-34-73-45-20-13-11-18-43(41)45)67(96)82-24-14-21-51(82)61(90)75-47(29-40-33-72-44-19-12-10-17-42(40)44)60(89)77-50(31-54(71)86)68(97)83-25-15-22-52(83)62(91)79-57(38(7)8)64(93)81-58(39(9)85)65(94)80-56(37(5)6)63(92)78-48(28-36(3)4)66(95)84-26-16-23-53(84)69(98)99/h10-13,17-20,33-39,46-53,56-58,72-73,85H,14-16,21-32,70H2,1-9H3,(H2,71,86)(H,74,87)(H,75,90)(H,76,88)(H,77,89)(H,78,92)(H,79,91)(H,80,94)(H,81,93)(H,98,99)/t39-,46+,47+,48+,49+,50+,51+,52+,53+,56+,57+,58+/m1/s1. The molecular formula is C69H99N15O15. The number of aromatic amines is 2. The van der Waals surface area contributed by atoms with Gasteiger partial charge in [0.1, 0.15) is 66.5 Å². The Kier molecular flexibility index (Phi) is 27.1. The predicted molar refractivity (Wildman–Crippen MR) is 364 cm³/mol. The number of primary amides is 1. The Morgan fingerprint density at radius 2 is 0.889 bits per heavy atom. The molecule has 99 heavy (non-hydrogen) atoms. The number of aliphatic hydroxyl groups is 1. The van der Waals surface area contributed by atoms with E-state index in [9.17, 15) is 67.7 Å². The van der Waals surface area contributed by atoms with E-state index in [4.69, 9.17) is 11.5 Å². The monoisotopic (exact) mass is 1380 g/mol. The highest BCUT2D eigenvalue weighted by molar-refractivity contribution is 6.01. The number of carbonyl (C=O) groups is 13. The van der Waals surface area contributed by atoms with Crippen molar-refractivity contribution in [1.82, 2.24) is 67.2 Å². The number of benzene rings is 2. The molecular weight excluding hydrogens is 1280 g/mol. The van der Waals surface area contributed by atoms with Crippen molar-refractivity contribution in [3.63, 3.8) is 0 Å². The summed E-state index contributed by atoms with van der Waals surface area (Å²) in [5.41, 5.74) is 14.1. The number of carbonyl (C=O) groups excluding carboxylic acids is 12. The molecule has 0 bridgehead atoms.